The zero-order valence-electron chi connectivity index (χ0n) is 21.6. The quantitative estimate of drug-likeness (QED) is 0.259. The highest BCUT2D eigenvalue weighted by atomic mass is 31.2. The maximum absolute atomic E-state index is 10.7. The molecule has 214 valence electrons. The van der Waals surface area contributed by atoms with Gasteiger partial charge in [0.1, 0.15) is 40.9 Å². The van der Waals surface area contributed by atoms with Crippen molar-refractivity contribution in [3.8, 4) is 23.0 Å². The van der Waals surface area contributed by atoms with Gasteiger partial charge in [-0.1, -0.05) is 0 Å². The maximum atomic E-state index is 10.7. The van der Waals surface area contributed by atoms with Gasteiger partial charge in [0, 0.05) is 6.42 Å². The van der Waals surface area contributed by atoms with Crippen molar-refractivity contribution in [2.75, 3.05) is 33.5 Å². The van der Waals surface area contributed by atoms with Crippen molar-refractivity contribution in [2.24, 2.45) is 0 Å². The number of rotatable bonds is 10. The molecule has 2 aromatic carbocycles. The van der Waals surface area contributed by atoms with Crippen molar-refractivity contribution in [1.82, 2.24) is 19.5 Å². The van der Waals surface area contributed by atoms with Gasteiger partial charge in [0.25, 0.3) is 0 Å². The van der Waals surface area contributed by atoms with E-state index in [0.29, 0.717) is 40.6 Å². The number of fused-ring (bicyclic) bond motifs is 1. The number of hydrogen-bond acceptors (Lipinski definition) is 11. The first kappa shape index (κ1) is 29.2. The Morgan fingerprint density at radius 1 is 0.950 bits per heavy atom. The van der Waals surface area contributed by atoms with E-state index in [1.165, 1.54) is 12.7 Å². The second kappa shape index (κ2) is 14.0. The predicted molar refractivity (Wildman–Crippen MR) is 141 cm³/mol. The van der Waals surface area contributed by atoms with Crippen LogP contribution >= 0.6 is 8.60 Å². The number of benzene rings is 2. The molecule has 0 spiro atoms. The van der Waals surface area contributed by atoms with E-state index in [-0.39, 0.29) is 12.4 Å². The normalized spacial score (nSPS) is 18.3. The van der Waals surface area contributed by atoms with E-state index >= 15 is 0 Å². The Bertz CT molecular complexity index is 1300. The van der Waals surface area contributed by atoms with Gasteiger partial charge < -0.3 is 34.1 Å². The topological polar surface area (TPSA) is 145 Å². The van der Waals surface area contributed by atoms with E-state index in [4.69, 9.17) is 33.5 Å². The first-order valence-electron chi connectivity index (χ1n) is 11.9. The summed E-state index contributed by atoms with van der Waals surface area (Å²) in [6.07, 6.45) is 1.26. The van der Waals surface area contributed by atoms with Crippen LogP contribution in [0.2, 0.25) is 0 Å². The zero-order valence-corrected chi connectivity index (χ0v) is 22.5. The molecule has 2 aromatic heterocycles. The number of aliphatic hydroxyl groups is 1. The van der Waals surface area contributed by atoms with Gasteiger partial charge in [0.05, 0.1) is 33.3 Å². The van der Waals surface area contributed by atoms with Crippen molar-refractivity contribution in [3.63, 3.8) is 0 Å². The van der Waals surface area contributed by atoms with Crippen LogP contribution in [0.25, 0.3) is 11.2 Å². The summed E-state index contributed by atoms with van der Waals surface area (Å²) in [5, 5.41) is 10.7. The Hall–Kier alpha value is -3.84. The number of imidazole rings is 1. The summed E-state index contributed by atoms with van der Waals surface area (Å²) < 4.78 is 55.4. The second-order valence-corrected chi connectivity index (χ2v) is 9.26. The molecule has 0 radical (unpaired) electrons. The van der Waals surface area contributed by atoms with Gasteiger partial charge in [-0.2, -0.15) is 0 Å². The summed E-state index contributed by atoms with van der Waals surface area (Å²) in [5.41, 5.74) is 6.80. The summed E-state index contributed by atoms with van der Waals surface area (Å²) in [5.74, 6) is 2.76. The lowest BCUT2D eigenvalue weighted by atomic mass is 10.2. The van der Waals surface area contributed by atoms with E-state index in [1.54, 1.807) is 67.3 Å². The molecule has 1 fully saturated rings. The summed E-state index contributed by atoms with van der Waals surface area (Å²) >= 11 is 0. The van der Waals surface area contributed by atoms with Crippen LogP contribution in [0.3, 0.4) is 0 Å². The molecule has 0 bridgehead atoms. The third-order valence-corrected chi connectivity index (χ3v) is 6.75. The summed E-state index contributed by atoms with van der Waals surface area (Å²) in [4.78, 5) is 12.4. The Labute approximate surface area is 229 Å². The fourth-order valence-electron chi connectivity index (χ4n) is 3.80. The molecule has 0 amide bonds. The zero-order chi connectivity index (χ0) is 28.5. The summed E-state index contributed by atoms with van der Waals surface area (Å²) in [6, 6.07) is 14.2. The van der Waals surface area contributed by atoms with Crippen molar-refractivity contribution in [3.05, 3.63) is 61.2 Å². The summed E-state index contributed by atoms with van der Waals surface area (Å²) in [7, 11) is 1.32. The number of aromatic nitrogens is 4. The average molecular weight is 579 g/mol. The van der Waals surface area contributed by atoms with Crippen LogP contribution < -0.4 is 24.3 Å². The standard InChI is InChI=1S/C24H26N5O7P.CH2F2/c1-31-15-3-7-17(8-4-15)35-37(36-18-9-5-16(32-2)6-10-18)33-12-19-11-20(30)24(34-19)29-14-28-21-22(25)26-13-27-23(21)29;2-1-3/h3-10,13-14,19-20,24,30H,11-12H2,1-2H3,(H2,25,26,27);1H2. The molecule has 1 aliphatic heterocycles. The molecule has 40 heavy (non-hydrogen) atoms. The van der Waals surface area contributed by atoms with Crippen molar-refractivity contribution >= 4 is 25.6 Å². The van der Waals surface area contributed by atoms with Crippen LogP contribution in [0.4, 0.5) is 14.6 Å². The molecule has 1 aliphatic rings. The number of halogens is 2. The van der Waals surface area contributed by atoms with Gasteiger partial charge in [-0.25, -0.2) is 23.7 Å². The molecule has 12 nitrogen and oxygen atoms in total. The van der Waals surface area contributed by atoms with Gasteiger partial charge in [-0.05, 0) is 48.5 Å². The molecular formula is C25H28F2N5O7P. The first-order valence-corrected chi connectivity index (χ1v) is 13.0. The number of aliphatic hydroxyl groups excluding tert-OH is 1. The van der Waals surface area contributed by atoms with Crippen molar-refractivity contribution in [2.45, 2.75) is 24.9 Å². The predicted octanol–water partition coefficient (Wildman–Crippen LogP) is 4.36. The lowest BCUT2D eigenvalue weighted by molar-refractivity contribution is -0.0463. The molecule has 0 saturated carbocycles. The Balaban J connectivity index is 0.00000118. The minimum atomic E-state index is -1.86. The van der Waals surface area contributed by atoms with E-state index < -0.39 is 34.0 Å². The highest BCUT2D eigenvalue weighted by molar-refractivity contribution is 7.42. The van der Waals surface area contributed by atoms with Gasteiger partial charge in [-0.3, -0.25) is 9.09 Å². The number of alkyl halides is 2. The summed E-state index contributed by atoms with van der Waals surface area (Å²) in [6.45, 7) is -1.63. The molecule has 0 aliphatic carbocycles. The Morgan fingerprint density at radius 2 is 1.50 bits per heavy atom. The van der Waals surface area contributed by atoms with Crippen LogP contribution in [0.5, 0.6) is 23.0 Å². The van der Waals surface area contributed by atoms with Crippen LogP contribution in [-0.4, -0.2) is 64.6 Å². The average Bonchev–Trinajstić information content (AvgIpc) is 3.56. The van der Waals surface area contributed by atoms with Crippen LogP contribution in [0, 0.1) is 0 Å². The number of nitrogens with zero attached hydrogens (tertiary/aromatic N) is 4. The fraction of sp³-hybridized carbons (Fsp3) is 0.320. The van der Waals surface area contributed by atoms with Gasteiger partial charge in [0.2, 0.25) is 6.93 Å². The SMILES string of the molecule is COc1ccc(OP(OCC2CC(O)C(n3cnc4c(N)ncnc43)O2)Oc2ccc(OC)cc2)cc1.FCF. The first-order chi connectivity index (χ1) is 19.4. The highest BCUT2D eigenvalue weighted by Crippen LogP contribution is 2.43. The largest absolute Gasteiger partial charge is 0.497 e. The monoisotopic (exact) mass is 579 g/mol. The third-order valence-electron chi connectivity index (χ3n) is 5.67. The fourth-order valence-corrected chi connectivity index (χ4v) is 4.82. The van der Waals surface area contributed by atoms with E-state index in [1.807, 2.05) is 0 Å². The molecule has 3 unspecified atom stereocenters. The molecule has 4 aromatic rings. The second-order valence-electron chi connectivity index (χ2n) is 8.19. The lowest BCUT2D eigenvalue weighted by Crippen LogP contribution is -2.19. The minimum Gasteiger partial charge on any atom is -0.497 e. The number of hydrogen-bond donors (Lipinski definition) is 2. The van der Waals surface area contributed by atoms with E-state index in [9.17, 15) is 13.9 Å². The van der Waals surface area contributed by atoms with Crippen molar-refractivity contribution < 1.29 is 41.7 Å². The number of nitrogen functional groups attached to an aromatic ring is 1. The molecule has 3 N–H and O–H groups in total. The van der Waals surface area contributed by atoms with Crippen LogP contribution in [0.1, 0.15) is 12.6 Å². The van der Waals surface area contributed by atoms with E-state index in [0.717, 1.165) is 0 Å². The lowest BCUT2D eigenvalue weighted by Gasteiger charge is -2.20. The molecule has 15 heteroatoms. The number of anilines is 1. The molecule has 3 atom stereocenters. The molecule has 5 rings (SSSR count). The third kappa shape index (κ3) is 7.21. The van der Waals surface area contributed by atoms with Crippen LogP contribution in [0.15, 0.2) is 61.2 Å². The van der Waals surface area contributed by atoms with Gasteiger partial charge in [-0.15, -0.1) is 0 Å². The molecule has 3 heterocycles. The number of methoxy groups -OCH3 is 2. The minimum absolute atomic E-state index is 0.120. The number of nitrogens with two attached hydrogens (primary N) is 1. The van der Waals surface area contributed by atoms with Crippen molar-refractivity contribution in [1.29, 1.82) is 0 Å². The van der Waals surface area contributed by atoms with Gasteiger partial charge >= 0.3 is 8.60 Å². The maximum Gasteiger partial charge on any atom is 0.463 e. The molecular weight excluding hydrogens is 551 g/mol. The Kier molecular flexibility index (Phi) is 10.2. The van der Waals surface area contributed by atoms with Crippen LogP contribution in [-0.2, 0) is 9.26 Å². The highest BCUT2D eigenvalue weighted by Gasteiger charge is 2.37. The smallest absolute Gasteiger partial charge is 0.463 e. The number of ether oxygens (including phenoxy) is 3. The van der Waals surface area contributed by atoms with E-state index in [2.05, 4.69) is 15.0 Å². The Morgan fingerprint density at radius 3 is 2.05 bits per heavy atom. The molecule has 1 saturated heterocycles. The van der Waals surface area contributed by atoms with Gasteiger partial charge in [0.15, 0.2) is 17.7 Å².